The average molecular weight is 501 g/mol. The molecule has 4 aromatic rings. The van der Waals surface area contributed by atoms with E-state index in [2.05, 4.69) is 5.10 Å². The highest BCUT2D eigenvalue weighted by molar-refractivity contribution is 5.85. The van der Waals surface area contributed by atoms with Gasteiger partial charge in [0.25, 0.3) is 11.2 Å². The van der Waals surface area contributed by atoms with Gasteiger partial charge < -0.3 is 4.74 Å². The summed E-state index contributed by atoms with van der Waals surface area (Å²) in [6.45, 7) is 0.129. The first kappa shape index (κ1) is 24.3. The molecule has 0 aliphatic heterocycles. The largest absolute Gasteiger partial charge is 0.488 e. The molecule has 0 saturated heterocycles. The number of ether oxygens (including phenoxy) is 1. The number of nitro benzene ring substituents is 1. The summed E-state index contributed by atoms with van der Waals surface area (Å²) in [6, 6.07) is 17.2. The van der Waals surface area contributed by atoms with Gasteiger partial charge in [-0.3, -0.25) is 14.9 Å². The number of halogens is 1. The van der Waals surface area contributed by atoms with E-state index in [0.29, 0.717) is 28.0 Å². The Labute approximate surface area is 212 Å². The molecule has 8 nitrogen and oxygen atoms in total. The predicted octanol–water partition coefficient (Wildman–Crippen LogP) is 5.95. The SMILES string of the molecule is O=c1c2ccccc2nc(C2CCCCC2)n1N=Cc1cc([N+](=O)[O-])ccc1OCc1ccc(F)cc1. The van der Waals surface area contributed by atoms with Crippen LogP contribution < -0.4 is 10.3 Å². The minimum Gasteiger partial charge on any atom is -0.488 e. The summed E-state index contributed by atoms with van der Waals surface area (Å²) in [4.78, 5) is 29.2. The molecule has 188 valence electrons. The van der Waals surface area contributed by atoms with Crippen molar-refractivity contribution in [2.24, 2.45) is 5.10 Å². The van der Waals surface area contributed by atoms with Crippen molar-refractivity contribution in [1.29, 1.82) is 0 Å². The molecule has 0 radical (unpaired) electrons. The predicted molar refractivity (Wildman–Crippen MR) is 139 cm³/mol. The van der Waals surface area contributed by atoms with Crippen molar-refractivity contribution in [1.82, 2.24) is 9.66 Å². The van der Waals surface area contributed by atoms with E-state index in [-0.39, 0.29) is 29.6 Å². The lowest BCUT2D eigenvalue weighted by molar-refractivity contribution is -0.384. The third kappa shape index (κ3) is 5.40. The van der Waals surface area contributed by atoms with Gasteiger partial charge in [-0.25, -0.2) is 9.37 Å². The van der Waals surface area contributed by atoms with Crippen molar-refractivity contribution in [2.45, 2.75) is 44.6 Å². The number of hydrogen-bond acceptors (Lipinski definition) is 6. The molecule has 0 bridgehead atoms. The summed E-state index contributed by atoms with van der Waals surface area (Å²) >= 11 is 0. The second-order valence-electron chi connectivity index (χ2n) is 9.08. The van der Waals surface area contributed by atoms with Gasteiger partial charge in [-0.2, -0.15) is 9.78 Å². The second kappa shape index (κ2) is 10.7. The smallest absolute Gasteiger partial charge is 0.282 e. The topological polar surface area (TPSA) is 99.6 Å². The number of fused-ring (bicyclic) bond motifs is 1. The van der Waals surface area contributed by atoms with Gasteiger partial charge in [-0.05, 0) is 48.7 Å². The fourth-order valence-corrected chi connectivity index (χ4v) is 4.62. The Morgan fingerprint density at radius 1 is 1.08 bits per heavy atom. The molecule has 1 aromatic heterocycles. The van der Waals surface area contributed by atoms with Gasteiger partial charge in [0, 0.05) is 23.6 Å². The van der Waals surface area contributed by atoms with Crippen molar-refractivity contribution in [3.8, 4) is 5.75 Å². The fourth-order valence-electron chi connectivity index (χ4n) is 4.62. The standard InChI is InChI=1S/C28H25FN4O4/c29-22-12-10-19(11-13-22)18-37-26-15-14-23(33(35)36)16-21(26)17-30-32-27(20-6-2-1-3-7-20)31-25-9-5-4-8-24(25)28(32)34/h4-5,8-17,20H,1-3,6-7,18H2. The molecule has 9 heteroatoms. The van der Waals surface area contributed by atoms with Crippen LogP contribution in [0.2, 0.25) is 0 Å². The van der Waals surface area contributed by atoms with E-state index < -0.39 is 4.92 Å². The molecular weight excluding hydrogens is 475 g/mol. The van der Waals surface area contributed by atoms with Gasteiger partial charge in [0.15, 0.2) is 0 Å². The molecule has 37 heavy (non-hydrogen) atoms. The van der Waals surface area contributed by atoms with Crippen LogP contribution in [0.4, 0.5) is 10.1 Å². The summed E-state index contributed by atoms with van der Waals surface area (Å²) in [7, 11) is 0. The Morgan fingerprint density at radius 3 is 2.59 bits per heavy atom. The Morgan fingerprint density at radius 2 is 1.84 bits per heavy atom. The highest BCUT2D eigenvalue weighted by atomic mass is 19.1. The maximum atomic E-state index is 13.5. The number of aromatic nitrogens is 2. The van der Waals surface area contributed by atoms with E-state index in [4.69, 9.17) is 9.72 Å². The van der Waals surface area contributed by atoms with E-state index in [0.717, 1.165) is 37.7 Å². The van der Waals surface area contributed by atoms with Crippen LogP contribution in [0.3, 0.4) is 0 Å². The van der Waals surface area contributed by atoms with Gasteiger partial charge in [0.1, 0.15) is 24.0 Å². The number of hydrogen-bond donors (Lipinski definition) is 0. The summed E-state index contributed by atoms with van der Waals surface area (Å²) in [5, 5.41) is 16.4. The molecule has 1 fully saturated rings. The van der Waals surface area contributed by atoms with Crippen molar-refractivity contribution >= 4 is 22.8 Å². The quantitative estimate of drug-likeness (QED) is 0.177. The minimum atomic E-state index is -0.502. The highest BCUT2D eigenvalue weighted by Crippen LogP contribution is 2.32. The highest BCUT2D eigenvalue weighted by Gasteiger charge is 2.22. The van der Waals surface area contributed by atoms with Crippen LogP contribution >= 0.6 is 0 Å². The Hall–Kier alpha value is -4.40. The molecule has 1 aliphatic carbocycles. The van der Waals surface area contributed by atoms with Crippen molar-refractivity contribution < 1.29 is 14.1 Å². The average Bonchev–Trinajstić information content (AvgIpc) is 2.93. The number of nitro groups is 1. The van der Waals surface area contributed by atoms with E-state index >= 15 is 0 Å². The number of benzene rings is 3. The number of nitrogens with zero attached hydrogens (tertiary/aromatic N) is 4. The molecule has 3 aromatic carbocycles. The third-order valence-electron chi connectivity index (χ3n) is 6.57. The Bertz CT molecular complexity index is 1530. The van der Waals surface area contributed by atoms with Crippen LogP contribution in [0, 0.1) is 15.9 Å². The van der Waals surface area contributed by atoms with Gasteiger partial charge in [0.2, 0.25) is 0 Å². The zero-order valence-electron chi connectivity index (χ0n) is 20.0. The van der Waals surface area contributed by atoms with E-state index in [1.807, 2.05) is 12.1 Å². The van der Waals surface area contributed by atoms with Gasteiger partial charge in [-0.1, -0.05) is 43.5 Å². The first-order valence-corrected chi connectivity index (χ1v) is 12.2. The summed E-state index contributed by atoms with van der Waals surface area (Å²) in [6.07, 6.45) is 6.51. The first-order valence-electron chi connectivity index (χ1n) is 12.2. The Kier molecular flexibility index (Phi) is 7.02. The maximum Gasteiger partial charge on any atom is 0.282 e. The zero-order chi connectivity index (χ0) is 25.8. The molecular formula is C28H25FN4O4. The zero-order valence-corrected chi connectivity index (χ0v) is 20.0. The van der Waals surface area contributed by atoms with Crippen LogP contribution in [0.15, 0.2) is 76.6 Å². The number of non-ortho nitro benzene ring substituents is 1. The minimum absolute atomic E-state index is 0.0995. The van der Waals surface area contributed by atoms with Crippen LogP contribution in [-0.4, -0.2) is 20.8 Å². The Balaban J connectivity index is 1.55. The van der Waals surface area contributed by atoms with Gasteiger partial charge in [-0.15, -0.1) is 0 Å². The monoisotopic (exact) mass is 500 g/mol. The van der Waals surface area contributed by atoms with Crippen molar-refractivity contribution in [3.63, 3.8) is 0 Å². The van der Waals surface area contributed by atoms with Gasteiger partial charge in [0.05, 0.1) is 22.0 Å². The fraction of sp³-hybridized carbons (Fsp3) is 0.250. The van der Waals surface area contributed by atoms with E-state index in [1.165, 1.54) is 41.2 Å². The maximum absolute atomic E-state index is 13.5. The third-order valence-corrected chi connectivity index (χ3v) is 6.57. The van der Waals surface area contributed by atoms with Crippen LogP contribution in [0.25, 0.3) is 10.9 Å². The molecule has 1 saturated carbocycles. The molecule has 5 rings (SSSR count). The van der Waals surface area contributed by atoms with E-state index in [9.17, 15) is 19.3 Å². The number of rotatable bonds is 7. The molecule has 1 aliphatic rings. The first-order chi connectivity index (χ1) is 18.0. The summed E-state index contributed by atoms with van der Waals surface area (Å²) < 4.78 is 20.5. The molecule has 0 unspecified atom stereocenters. The lowest BCUT2D eigenvalue weighted by Crippen LogP contribution is -2.25. The molecule has 0 atom stereocenters. The lowest BCUT2D eigenvalue weighted by Gasteiger charge is -2.22. The molecule has 0 amide bonds. The van der Waals surface area contributed by atoms with Gasteiger partial charge >= 0.3 is 0 Å². The van der Waals surface area contributed by atoms with Crippen LogP contribution in [-0.2, 0) is 6.61 Å². The number of para-hydroxylation sites is 1. The molecule has 1 heterocycles. The summed E-state index contributed by atoms with van der Waals surface area (Å²) in [5.41, 5.74) is 1.27. The lowest BCUT2D eigenvalue weighted by atomic mass is 9.88. The van der Waals surface area contributed by atoms with Crippen molar-refractivity contribution in [2.75, 3.05) is 0 Å². The molecule has 0 N–H and O–H groups in total. The van der Waals surface area contributed by atoms with Crippen molar-refractivity contribution in [3.05, 3.63) is 110 Å². The summed E-state index contributed by atoms with van der Waals surface area (Å²) in [5.74, 6) is 0.691. The molecule has 0 spiro atoms. The second-order valence-corrected chi connectivity index (χ2v) is 9.08. The van der Waals surface area contributed by atoms with E-state index in [1.54, 1.807) is 24.3 Å². The van der Waals surface area contributed by atoms with Crippen LogP contribution in [0.5, 0.6) is 5.75 Å². The normalized spacial score (nSPS) is 14.3. The van der Waals surface area contributed by atoms with Crippen LogP contribution in [0.1, 0.15) is 55.0 Å².